The highest BCUT2D eigenvalue weighted by molar-refractivity contribution is 6.31. The van der Waals surface area contributed by atoms with Crippen molar-refractivity contribution in [1.29, 1.82) is 0 Å². The van der Waals surface area contributed by atoms with Crippen molar-refractivity contribution in [3.05, 3.63) is 34.6 Å². The van der Waals surface area contributed by atoms with E-state index >= 15 is 0 Å². The molecule has 0 fully saturated rings. The Morgan fingerprint density at radius 1 is 1.24 bits per heavy atom. The van der Waals surface area contributed by atoms with E-state index in [1.54, 1.807) is 12.1 Å². The van der Waals surface area contributed by atoms with Crippen molar-refractivity contribution in [2.45, 2.75) is 39.4 Å². The molecule has 1 unspecified atom stereocenters. The summed E-state index contributed by atoms with van der Waals surface area (Å²) >= 11 is 5.94. The van der Waals surface area contributed by atoms with Crippen LogP contribution in [0.3, 0.4) is 0 Å². The zero-order chi connectivity index (χ0) is 12.8. The third-order valence-electron chi connectivity index (χ3n) is 2.52. The average Bonchev–Trinajstić information content (AvgIpc) is 2.25. The number of benzene rings is 1. The zero-order valence-electron chi connectivity index (χ0n) is 10.6. The lowest BCUT2D eigenvalue weighted by Gasteiger charge is -2.17. The maximum absolute atomic E-state index is 13.5. The predicted molar refractivity (Wildman–Crippen MR) is 70.9 cm³/mol. The van der Waals surface area contributed by atoms with Gasteiger partial charge in [0.2, 0.25) is 0 Å². The van der Waals surface area contributed by atoms with Crippen LogP contribution in [0.2, 0.25) is 5.02 Å². The third-order valence-corrected chi connectivity index (χ3v) is 2.88. The molecule has 96 valence electrons. The number of halogens is 2. The van der Waals surface area contributed by atoms with Crippen LogP contribution in [0.15, 0.2) is 18.2 Å². The van der Waals surface area contributed by atoms with E-state index in [2.05, 4.69) is 31.4 Å². The van der Waals surface area contributed by atoms with E-state index in [0.717, 1.165) is 6.54 Å². The van der Waals surface area contributed by atoms with E-state index in [9.17, 15) is 4.39 Å². The van der Waals surface area contributed by atoms with E-state index in [0.29, 0.717) is 23.2 Å². The molecule has 0 aliphatic carbocycles. The van der Waals surface area contributed by atoms with Gasteiger partial charge in [-0.25, -0.2) is 4.39 Å². The predicted octanol–water partition coefficient (Wildman–Crippen LogP) is 2.96. The normalized spacial score (nSPS) is 13.1. The van der Waals surface area contributed by atoms with E-state index < -0.39 is 0 Å². The highest BCUT2D eigenvalue weighted by Crippen LogP contribution is 2.18. The Bertz CT molecular complexity index is 335. The molecule has 17 heavy (non-hydrogen) atoms. The highest BCUT2D eigenvalue weighted by Gasteiger charge is 2.08. The van der Waals surface area contributed by atoms with E-state index in [4.69, 9.17) is 11.6 Å². The summed E-state index contributed by atoms with van der Waals surface area (Å²) in [6, 6.07) is 5.48. The van der Waals surface area contributed by atoms with Crippen molar-refractivity contribution < 1.29 is 4.39 Å². The van der Waals surface area contributed by atoms with Gasteiger partial charge in [-0.1, -0.05) is 31.5 Å². The van der Waals surface area contributed by atoms with Crippen molar-refractivity contribution >= 4 is 11.6 Å². The molecule has 1 aromatic rings. The lowest BCUT2D eigenvalue weighted by molar-refractivity contribution is 0.468. The summed E-state index contributed by atoms with van der Waals surface area (Å²) < 4.78 is 13.5. The van der Waals surface area contributed by atoms with Crippen LogP contribution in [0, 0.1) is 5.82 Å². The monoisotopic (exact) mass is 258 g/mol. The first-order chi connectivity index (χ1) is 8.00. The summed E-state index contributed by atoms with van der Waals surface area (Å²) in [5.41, 5.74) is 0.533. The van der Waals surface area contributed by atoms with Gasteiger partial charge >= 0.3 is 0 Å². The molecule has 2 nitrogen and oxygen atoms in total. The summed E-state index contributed by atoms with van der Waals surface area (Å²) in [4.78, 5) is 0. The quantitative estimate of drug-likeness (QED) is 0.820. The SMILES string of the molecule is CC(C)NCC(C)NCc1c(F)cccc1Cl. The molecule has 1 rings (SSSR count). The molecule has 0 aliphatic rings. The van der Waals surface area contributed by atoms with Gasteiger partial charge in [0.15, 0.2) is 0 Å². The van der Waals surface area contributed by atoms with Crippen LogP contribution in [0.5, 0.6) is 0 Å². The largest absolute Gasteiger partial charge is 0.313 e. The molecule has 0 spiro atoms. The van der Waals surface area contributed by atoms with Crippen LogP contribution in [0.4, 0.5) is 4.39 Å². The average molecular weight is 259 g/mol. The second-order valence-electron chi connectivity index (χ2n) is 4.55. The van der Waals surface area contributed by atoms with Gasteiger partial charge in [-0.05, 0) is 19.1 Å². The fourth-order valence-electron chi connectivity index (χ4n) is 1.46. The molecule has 0 aromatic heterocycles. The first kappa shape index (κ1) is 14.4. The van der Waals surface area contributed by atoms with Gasteiger partial charge in [0.05, 0.1) is 0 Å². The third kappa shape index (κ3) is 5.02. The molecule has 2 N–H and O–H groups in total. The first-order valence-corrected chi connectivity index (χ1v) is 6.28. The minimum absolute atomic E-state index is 0.256. The number of nitrogens with one attached hydrogen (secondary N) is 2. The summed E-state index contributed by atoms with van der Waals surface area (Å²) in [5, 5.41) is 7.04. The summed E-state index contributed by atoms with van der Waals surface area (Å²) in [5.74, 6) is -0.256. The Hall–Kier alpha value is -0.640. The van der Waals surface area contributed by atoms with Gasteiger partial charge in [-0.2, -0.15) is 0 Å². The van der Waals surface area contributed by atoms with Crippen LogP contribution >= 0.6 is 11.6 Å². The molecule has 0 aliphatic heterocycles. The Morgan fingerprint density at radius 2 is 1.94 bits per heavy atom. The van der Waals surface area contributed by atoms with Crippen molar-refractivity contribution in [2.75, 3.05) is 6.54 Å². The van der Waals surface area contributed by atoms with Crippen LogP contribution in [0.25, 0.3) is 0 Å². The van der Waals surface area contributed by atoms with Gasteiger partial charge in [0.25, 0.3) is 0 Å². The maximum atomic E-state index is 13.5. The molecule has 0 saturated heterocycles. The van der Waals surface area contributed by atoms with E-state index in [1.165, 1.54) is 6.07 Å². The number of rotatable bonds is 6. The number of hydrogen-bond acceptors (Lipinski definition) is 2. The molecule has 1 atom stereocenters. The van der Waals surface area contributed by atoms with Gasteiger partial charge in [0.1, 0.15) is 5.82 Å². The Labute approximate surface area is 108 Å². The topological polar surface area (TPSA) is 24.1 Å². The van der Waals surface area contributed by atoms with Crippen LogP contribution in [-0.2, 0) is 6.54 Å². The Balaban J connectivity index is 2.44. The molecule has 0 saturated carbocycles. The first-order valence-electron chi connectivity index (χ1n) is 5.90. The van der Waals surface area contributed by atoms with Gasteiger partial charge in [-0.3, -0.25) is 0 Å². The fraction of sp³-hybridized carbons (Fsp3) is 0.538. The molecular formula is C13H20ClFN2. The van der Waals surface area contributed by atoms with Crippen molar-refractivity contribution in [3.8, 4) is 0 Å². The smallest absolute Gasteiger partial charge is 0.129 e. The van der Waals surface area contributed by atoms with Crippen LogP contribution in [-0.4, -0.2) is 18.6 Å². The lowest BCUT2D eigenvalue weighted by atomic mass is 10.2. The summed E-state index contributed by atoms with van der Waals surface area (Å²) in [6.45, 7) is 7.56. The van der Waals surface area contributed by atoms with Crippen molar-refractivity contribution in [3.63, 3.8) is 0 Å². The van der Waals surface area contributed by atoms with E-state index in [-0.39, 0.29) is 11.9 Å². The molecule has 4 heteroatoms. The molecule has 0 heterocycles. The highest BCUT2D eigenvalue weighted by atomic mass is 35.5. The fourth-order valence-corrected chi connectivity index (χ4v) is 1.69. The maximum Gasteiger partial charge on any atom is 0.129 e. The molecule has 0 radical (unpaired) electrons. The Morgan fingerprint density at radius 3 is 2.53 bits per heavy atom. The summed E-state index contributed by atoms with van der Waals surface area (Å²) in [6.07, 6.45) is 0. The van der Waals surface area contributed by atoms with Crippen LogP contribution < -0.4 is 10.6 Å². The second kappa shape index (κ2) is 6.94. The van der Waals surface area contributed by atoms with Gasteiger partial charge in [0, 0.05) is 35.8 Å². The minimum Gasteiger partial charge on any atom is -0.313 e. The standard InChI is InChI=1S/C13H20ClFN2/c1-9(2)16-7-10(3)17-8-11-12(14)5-4-6-13(11)15/h4-6,9-10,16-17H,7-8H2,1-3H3. The minimum atomic E-state index is -0.256. The van der Waals surface area contributed by atoms with Gasteiger partial charge < -0.3 is 10.6 Å². The van der Waals surface area contributed by atoms with Crippen LogP contribution in [0.1, 0.15) is 26.3 Å². The molecule has 1 aromatic carbocycles. The molecule has 0 bridgehead atoms. The van der Waals surface area contributed by atoms with Crippen molar-refractivity contribution in [1.82, 2.24) is 10.6 Å². The van der Waals surface area contributed by atoms with Gasteiger partial charge in [-0.15, -0.1) is 0 Å². The Kier molecular flexibility index (Phi) is 5.89. The second-order valence-corrected chi connectivity index (χ2v) is 4.95. The lowest BCUT2D eigenvalue weighted by Crippen LogP contribution is -2.38. The number of hydrogen-bond donors (Lipinski definition) is 2. The van der Waals surface area contributed by atoms with Crippen molar-refractivity contribution in [2.24, 2.45) is 0 Å². The summed E-state index contributed by atoms with van der Waals surface area (Å²) in [7, 11) is 0. The van der Waals surface area contributed by atoms with E-state index in [1.807, 2.05) is 0 Å². The zero-order valence-corrected chi connectivity index (χ0v) is 11.3. The molecule has 0 amide bonds. The molecular weight excluding hydrogens is 239 g/mol.